The smallest absolute Gasteiger partial charge is 0.341 e. The Kier molecular flexibility index (Phi) is 7.25. The summed E-state index contributed by atoms with van der Waals surface area (Å²) in [4.78, 5) is 28.6. The number of carbonyl (C=O) groups excluding carboxylic acids is 2. The molecule has 0 saturated heterocycles. The molecule has 0 radical (unpaired) electrons. The number of carbonyl (C=O) groups is 2. The summed E-state index contributed by atoms with van der Waals surface area (Å²) in [5.41, 5.74) is 2.75. The SMILES string of the molecule is CCN1CCc2c(sc(NC(=O)c3cc(C)n(C(C)C)n3)c2C(=O)OC)C1.Cl. The molecule has 154 valence electrons. The lowest BCUT2D eigenvalue weighted by Crippen LogP contribution is -2.29. The lowest BCUT2D eigenvalue weighted by Gasteiger charge is -2.25. The number of ether oxygens (including phenoxy) is 1. The summed E-state index contributed by atoms with van der Waals surface area (Å²) in [6.45, 7) is 10.7. The largest absolute Gasteiger partial charge is 0.465 e. The van der Waals surface area contributed by atoms with Crippen LogP contribution in [0.4, 0.5) is 5.00 Å². The lowest BCUT2D eigenvalue weighted by molar-refractivity contribution is 0.0600. The summed E-state index contributed by atoms with van der Waals surface area (Å²) in [7, 11) is 1.37. The number of anilines is 1. The molecule has 1 aliphatic rings. The first-order valence-corrected chi connectivity index (χ1v) is 10.00. The number of hydrogen-bond donors (Lipinski definition) is 1. The molecule has 0 unspecified atom stereocenters. The number of aryl methyl sites for hydroxylation is 1. The highest BCUT2D eigenvalue weighted by atomic mass is 35.5. The average molecular weight is 427 g/mol. The first kappa shape index (κ1) is 22.4. The van der Waals surface area contributed by atoms with E-state index in [9.17, 15) is 9.59 Å². The summed E-state index contributed by atoms with van der Waals surface area (Å²) in [5, 5.41) is 7.84. The number of esters is 1. The van der Waals surface area contributed by atoms with Gasteiger partial charge in [0.1, 0.15) is 5.00 Å². The minimum atomic E-state index is -0.406. The van der Waals surface area contributed by atoms with E-state index in [0.29, 0.717) is 16.3 Å². The van der Waals surface area contributed by atoms with Gasteiger partial charge in [0.05, 0.1) is 12.7 Å². The van der Waals surface area contributed by atoms with Crippen molar-refractivity contribution in [3.63, 3.8) is 0 Å². The Morgan fingerprint density at radius 2 is 2.11 bits per heavy atom. The van der Waals surface area contributed by atoms with Gasteiger partial charge in [-0.1, -0.05) is 6.92 Å². The van der Waals surface area contributed by atoms with Gasteiger partial charge in [-0.05, 0) is 45.4 Å². The molecule has 3 heterocycles. The van der Waals surface area contributed by atoms with E-state index in [-0.39, 0.29) is 24.4 Å². The summed E-state index contributed by atoms with van der Waals surface area (Å²) in [6.07, 6.45) is 0.779. The molecule has 0 bridgehead atoms. The van der Waals surface area contributed by atoms with Crippen LogP contribution in [0.3, 0.4) is 0 Å². The zero-order chi connectivity index (χ0) is 19.7. The molecule has 0 fully saturated rings. The predicted molar refractivity (Wildman–Crippen MR) is 113 cm³/mol. The van der Waals surface area contributed by atoms with Crippen molar-refractivity contribution in [3.05, 3.63) is 33.5 Å². The minimum absolute atomic E-state index is 0. The van der Waals surface area contributed by atoms with Crippen molar-refractivity contribution in [1.82, 2.24) is 14.7 Å². The van der Waals surface area contributed by atoms with Crippen LogP contribution in [0.25, 0.3) is 0 Å². The van der Waals surface area contributed by atoms with Crippen molar-refractivity contribution in [2.24, 2.45) is 0 Å². The number of rotatable bonds is 5. The van der Waals surface area contributed by atoms with Gasteiger partial charge in [0, 0.05) is 29.7 Å². The second kappa shape index (κ2) is 9.07. The van der Waals surface area contributed by atoms with E-state index in [1.54, 1.807) is 6.07 Å². The third kappa shape index (κ3) is 4.24. The summed E-state index contributed by atoms with van der Waals surface area (Å²) in [5.74, 6) is -0.717. The van der Waals surface area contributed by atoms with Crippen LogP contribution in [0.5, 0.6) is 0 Å². The number of methoxy groups -OCH3 is 1. The first-order valence-electron chi connectivity index (χ1n) is 9.18. The molecule has 7 nitrogen and oxygen atoms in total. The summed E-state index contributed by atoms with van der Waals surface area (Å²) >= 11 is 1.46. The first-order chi connectivity index (χ1) is 12.8. The van der Waals surface area contributed by atoms with Gasteiger partial charge in [0.2, 0.25) is 0 Å². The Morgan fingerprint density at radius 1 is 1.39 bits per heavy atom. The number of hydrogen-bond acceptors (Lipinski definition) is 6. The van der Waals surface area contributed by atoms with Crippen LogP contribution in [0.15, 0.2) is 6.07 Å². The number of likely N-dealkylation sites (N-methyl/N-ethyl adjacent to an activating group) is 1. The van der Waals surface area contributed by atoms with Crippen LogP contribution in [0.2, 0.25) is 0 Å². The van der Waals surface area contributed by atoms with Gasteiger partial charge in [-0.25, -0.2) is 4.79 Å². The fraction of sp³-hybridized carbons (Fsp3) is 0.526. The molecular weight excluding hydrogens is 400 g/mol. The third-order valence-corrected chi connectivity index (χ3v) is 5.98. The molecule has 1 amide bonds. The molecule has 2 aromatic rings. The van der Waals surface area contributed by atoms with Gasteiger partial charge in [-0.3, -0.25) is 14.4 Å². The molecule has 0 atom stereocenters. The van der Waals surface area contributed by atoms with Gasteiger partial charge in [0.15, 0.2) is 5.69 Å². The number of fused-ring (bicyclic) bond motifs is 1. The van der Waals surface area contributed by atoms with Gasteiger partial charge < -0.3 is 10.1 Å². The maximum Gasteiger partial charge on any atom is 0.341 e. The summed E-state index contributed by atoms with van der Waals surface area (Å²) < 4.78 is 6.79. The topological polar surface area (TPSA) is 76.5 Å². The van der Waals surface area contributed by atoms with E-state index >= 15 is 0 Å². The van der Waals surface area contributed by atoms with E-state index < -0.39 is 5.97 Å². The van der Waals surface area contributed by atoms with E-state index in [1.807, 2.05) is 25.5 Å². The Hall–Kier alpha value is -1.90. The molecule has 0 aromatic carbocycles. The molecule has 0 spiro atoms. The molecule has 1 N–H and O–H groups in total. The van der Waals surface area contributed by atoms with Crippen molar-refractivity contribution in [1.29, 1.82) is 0 Å². The predicted octanol–water partition coefficient (Wildman–Crippen LogP) is 3.67. The summed E-state index contributed by atoms with van der Waals surface area (Å²) in [6, 6.07) is 1.94. The molecule has 28 heavy (non-hydrogen) atoms. The standard InChI is InChI=1S/C19H26N4O3S.ClH/c1-6-22-8-7-13-15(10-22)27-18(16(13)19(25)26-5)20-17(24)14-9-12(4)23(21-14)11(2)3;/h9,11H,6-8,10H2,1-5H3,(H,20,24);1H. The molecule has 0 saturated carbocycles. The average Bonchev–Trinajstić information content (AvgIpc) is 3.20. The zero-order valence-corrected chi connectivity index (χ0v) is 18.5. The van der Waals surface area contributed by atoms with Crippen LogP contribution in [-0.4, -0.2) is 46.8 Å². The van der Waals surface area contributed by atoms with Crippen LogP contribution in [-0.2, 0) is 17.7 Å². The van der Waals surface area contributed by atoms with Gasteiger partial charge in [-0.15, -0.1) is 23.7 Å². The van der Waals surface area contributed by atoms with Crippen LogP contribution < -0.4 is 5.32 Å². The minimum Gasteiger partial charge on any atom is -0.465 e. The molecule has 9 heteroatoms. The highest BCUT2D eigenvalue weighted by molar-refractivity contribution is 7.17. The Morgan fingerprint density at radius 3 is 2.68 bits per heavy atom. The van der Waals surface area contributed by atoms with Gasteiger partial charge >= 0.3 is 5.97 Å². The molecular formula is C19H27ClN4O3S. The number of aromatic nitrogens is 2. The third-order valence-electron chi connectivity index (χ3n) is 4.84. The second-order valence-electron chi connectivity index (χ2n) is 6.98. The molecule has 0 aliphatic carbocycles. The van der Waals surface area contributed by atoms with E-state index in [0.717, 1.165) is 42.2 Å². The number of thiophene rings is 1. The van der Waals surface area contributed by atoms with Gasteiger partial charge in [-0.2, -0.15) is 5.10 Å². The normalized spacial score (nSPS) is 13.8. The van der Waals surface area contributed by atoms with Crippen LogP contribution in [0, 0.1) is 6.92 Å². The van der Waals surface area contributed by atoms with Gasteiger partial charge in [0.25, 0.3) is 5.91 Å². The quantitative estimate of drug-likeness (QED) is 0.738. The number of nitrogens with one attached hydrogen (secondary N) is 1. The maximum absolute atomic E-state index is 12.8. The van der Waals surface area contributed by atoms with Crippen molar-refractivity contribution in [2.45, 2.75) is 46.7 Å². The van der Waals surface area contributed by atoms with Crippen molar-refractivity contribution in [2.75, 3.05) is 25.5 Å². The fourth-order valence-corrected chi connectivity index (χ4v) is 4.69. The Labute approximate surface area is 175 Å². The Bertz CT molecular complexity index is 875. The Balaban J connectivity index is 0.00000280. The van der Waals surface area contributed by atoms with Crippen molar-refractivity contribution >= 4 is 40.6 Å². The molecule has 1 aliphatic heterocycles. The van der Waals surface area contributed by atoms with Crippen molar-refractivity contribution < 1.29 is 14.3 Å². The van der Waals surface area contributed by atoms with Crippen LogP contribution >= 0.6 is 23.7 Å². The van der Waals surface area contributed by atoms with E-state index in [1.165, 1.54) is 18.4 Å². The monoisotopic (exact) mass is 426 g/mol. The number of amides is 1. The highest BCUT2D eigenvalue weighted by Crippen LogP contribution is 2.37. The van der Waals surface area contributed by atoms with E-state index in [2.05, 4.69) is 22.2 Å². The number of halogens is 1. The van der Waals surface area contributed by atoms with Crippen molar-refractivity contribution in [3.8, 4) is 0 Å². The fourth-order valence-electron chi connectivity index (χ4n) is 3.42. The zero-order valence-electron chi connectivity index (χ0n) is 16.9. The van der Waals surface area contributed by atoms with E-state index in [4.69, 9.17) is 4.74 Å². The molecule has 3 rings (SSSR count). The highest BCUT2D eigenvalue weighted by Gasteiger charge is 2.29. The maximum atomic E-state index is 12.8. The van der Waals surface area contributed by atoms with Crippen LogP contribution in [0.1, 0.15) is 63.8 Å². The second-order valence-corrected chi connectivity index (χ2v) is 8.09. The molecule has 2 aromatic heterocycles. The number of nitrogens with zero attached hydrogens (tertiary/aromatic N) is 3. The lowest BCUT2D eigenvalue weighted by atomic mass is 10.0.